The second-order valence-electron chi connectivity index (χ2n) is 5.93. The quantitative estimate of drug-likeness (QED) is 0.598. The second-order valence-corrected chi connectivity index (χ2v) is 5.93. The Labute approximate surface area is 148 Å². The van der Waals surface area contributed by atoms with Gasteiger partial charge in [0.25, 0.3) is 0 Å². The molecule has 130 valence electrons. The highest BCUT2D eigenvalue weighted by Gasteiger charge is 2.18. The zero-order valence-corrected chi connectivity index (χ0v) is 15.0. The highest BCUT2D eigenvalue weighted by Crippen LogP contribution is 2.38. The summed E-state index contributed by atoms with van der Waals surface area (Å²) in [5.41, 5.74) is 4.09. The first kappa shape index (κ1) is 17.1. The first-order valence-corrected chi connectivity index (χ1v) is 8.59. The Hall–Kier alpha value is -2.75. The Bertz CT molecular complexity index is 866. The monoisotopic (exact) mass is 336 g/mol. The third kappa shape index (κ3) is 3.25. The molecule has 0 amide bonds. The van der Waals surface area contributed by atoms with Crippen LogP contribution in [0.25, 0.3) is 16.3 Å². The lowest BCUT2D eigenvalue weighted by atomic mass is 9.88. The van der Waals surface area contributed by atoms with Gasteiger partial charge in [0.05, 0.1) is 19.4 Å². The maximum Gasteiger partial charge on any atom is 0.213 e. The van der Waals surface area contributed by atoms with E-state index in [9.17, 15) is 0 Å². The van der Waals surface area contributed by atoms with Crippen LogP contribution < -0.4 is 10.1 Å². The number of hydrogen-bond donors (Lipinski definition) is 2. The van der Waals surface area contributed by atoms with Crippen molar-refractivity contribution >= 4 is 27.9 Å². The summed E-state index contributed by atoms with van der Waals surface area (Å²) in [6.45, 7) is 2.39. The Morgan fingerprint density at radius 3 is 2.76 bits per heavy atom. The third-order valence-electron chi connectivity index (χ3n) is 4.48. The number of fused-ring (bicyclic) bond motifs is 1. The van der Waals surface area contributed by atoms with Gasteiger partial charge < -0.3 is 14.8 Å². The molecule has 1 aliphatic rings. The van der Waals surface area contributed by atoms with E-state index < -0.39 is 0 Å². The summed E-state index contributed by atoms with van der Waals surface area (Å²) in [4.78, 5) is 0. The second kappa shape index (κ2) is 7.43. The predicted octanol–water partition coefficient (Wildman–Crippen LogP) is 4.99. The van der Waals surface area contributed by atoms with Gasteiger partial charge in [-0.15, -0.1) is 0 Å². The van der Waals surface area contributed by atoms with Crippen LogP contribution in [-0.4, -0.2) is 26.7 Å². The summed E-state index contributed by atoms with van der Waals surface area (Å²) in [6, 6.07) is 8.15. The van der Waals surface area contributed by atoms with Crippen LogP contribution in [0.1, 0.15) is 30.9 Å². The molecule has 2 aromatic carbocycles. The standard InChI is InChI=1S/C21H24N2O2/c1-4-25-21(22)16-11-10-15-12-19(24-3)18(23-2)13-17(15)20(16)14-8-6-5-7-9-14/h5-6,8,10-13,22-23H,4,7,9H2,1-3H3. The molecule has 0 heterocycles. The number of allylic oxidation sites excluding steroid dienone is 4. The lowest BCUT2D eigenvalue weighted by Gasteiger charge is -2.19. The topological polar surface area (TPSA) is 54.3 Å². The molecule has 4 heteroatoms. The van der Waals surface area contributed by atoms with Crippen LogP contribution in [0, 0.1) is 5.41 Å². The Balaban J connectivity index is 2.30. The number of benzene rings is 2. The average molecular weight is 336 g/mol. The summed E-state index contributed by atoms with van der Waals surface area (Å²) in [6.07, 6.45) is 8.38. The van der Waals surface area contributed by atoms with Crippen LogP contribution in [0.2, 0.25) is 0 Å². The first-order chi connectivity index (χ1) is 12.2. The fourth-order valence-electron chi connectivity index (χ4n) is 3.28. The van der Waals surface area contributed by atoms with Crippen LogP contribution in [0.4, 0.5) is 5.69 Å². The summed E-state index contributed by atoms with van der Waals surface area (Å²) < 4.78 is 11.0. The molecule has 0 bridgehead atoms. The molecule has 2 N–H and O–H groups in total. The molecule has 25 heavy (non-hydrogen) atoms. The number of hydrogen-bond acceptors (Lipinski definition) is 4. The van der Waals surface area contributed by atoms with Crippen molar-refractivity contribution in [1.82, 2.24) is 0 Å². The van der Waals surface area contributed by atoms with Gasteiger partial charge in [0.1, 0.15) is 5.75 Å². The average Bonchev–Trinajstić information content (AvgIpc) is 2.66. The maximum atomic E-state index is 8.33. The van der Waals surface area contributed by atoms with Crippen molar-refractivity contribution in [2.45, 2.75) is 19.8 Å². The van der Waals surface area contributed by atoms with Gasteiger partial charge in [-0.3, -0.25) is 5.41 Å². The zero-order chi connectivity index (χ0) is 17.8. The summed E-state index contributed by atoms with van der Waals surface area (Å²) in [5.74, 6) is 1.03. The molecule has 0 unspecified atom stereocenters. The van der Waals surface area contributed by atoms with Crippen molar-refractivity contribution in [2.75, 3.05) is 26.1 Å². The third-order valence-corrected chi connectivity index (χ3v) is 4.48. The maximum absolute atomic E-state index is 8.33. The van der Waals surface area contributed by atoms with E-state index in [-0.39, 0.29) is 5.90 Å². The number of anilines is 1. The van der Waals surface area contributed by atoms with Crippen molar-refractivity contribution < 1.29 is 9.47 Å². The fraction of sp³-hybridized carbons (Fsp3) is 0.286. The molecule has 0 radical (unpaired) electrons. The van der Waals surface area contributed by atoms with Gasteiger partial charge >= 0.3 is 0 Å². The van der Waals surface area contributed by atoms with Crippen molar-refractivity contribution in [2.24, 2.45) is 0 Å². The lowest BCUT2D eigenvalue weighted by molar-refractivity contribution is 0.325. The van der Waals surface area contributed by atoms with E-state index in [1.54, 1.807) is 7.11 Å². The number of ether oxygens (including phenoxy) is 2. The van der Waals surface area contributed by atoms with Gasteiger partial charge in [0, 0.05) is 12.6 Å². The van der Waals surface area contributed by atoms with Crippen LogP contribution in [0.5, 0.6) is 5.75 Å². The normalized spacial score (nSPS) is 13.5. The predicted molar refractivity (Wildman–Crippen MR) is 105 cm³/mol. The molecule has 0 spiro atoms. The zero-order valence-electron chi connectivity index (χ0n) is 15.0. The van der Waals surface area contributed by atoms with Gasteiger partial charge in [0.15, 0.2) is 0 Å². The molecule has 1 aliphatic carbocycles. The Kier molecular flexibility index (Phi) is 5.08. The Morgan fingerprint density at radius 1 is 1.28 bits per heavy atom. The van der Waals surface area contributed by atoms with Crippen LogP contribution in [0.3, 0.4) is 0 Å². The van der Waals surface area contributed by atoms with E-state index in [0.717, 1.165) is 46.2 Å². The molecule has 0 aromatic heterocycles. The van der Waals surface area contributed by atoms with E-state index in [2.05, 4.69) is 29.6 Å². The highest BCUT2D eigenvalue weighted by atomic mass is 16.5. The van der Waals surface area contributed by atoms with Crippen LogP contribution in [0.15, 0.2) is 42.5 Å². The molecule has 0 aliphatic heterocycles. The van der Waals surface area contributed by atoms with Crippen LogP contribution in [-0.2, 0) is 4.74 Å². The van der Waals surface area contributed by atoms with Crippen LogP contribution >= 0.6 is 0 Å². The largest absolute Gasteiger partial charge is 0.495 e. The van der Waals surface area contributed by atoms with E-state index in [0.29, 0.717) is 6.61 Å². The molecule has 0 saturated carbocycles. The van der Waals surface area contributed by atoms with Crippen molar-refractivity contribution in [1.29, 1.82) is 5.41 Å². The molecule has 0 atom stereocenters. The van der Waals surface area contributed by atoms with Gasteiger partial charge in [-0.25, -0.2) is 0 Å². The van der Waals surface area contributed by atoms with Crippen molar-refractivity contribution in [3.8, 4) is 5.75 Å². The summed E-state index contributed by atoms with van der Waals surface area (Å²) in [5, 5.41) is 13.7. The molecule has 4 nitrogen and oxygen atoms in total. The highest BCUT2D eigenvalue weighted by molar-refractivity contribution is 6.07. The van der Waals surface area contributed by atoms with Gasteiger partial charge in [-0.2, -0.15) is 0 Å². The van der Waals surface area contributed by atoms with Crippen molar-refractivity contribution in [3.63, 3.8) is 0 Å². The van der Waals surface area contributed by atoms with E-state index >= 15 is 0 Å². The van der Waals surface area contributed by atoms with Crippen molar-refractivity contribution in [3.05, 3.63) is 53.6 Å². The smallest absolute Gasteiger partial charge is 0.213 e. The molecule has 0 fully saturated rings. The van der Waals surface area contributed by atoms with E-state index in [4.69, 9.17) is 14.9 Å². The van der Waals surface area contributed by atoms with Gasteiger partial charge in [-0.1, -0.05) is 24.3 Å². The van der Waals surface area contributed by atoms with Gasteiger partial charge in [0.2, 0.25) is 5.90 Å². The minimum atomic E-state index is 0.219. The molecule has 0 saturated heterocycles. The minimum Gasteiger partial charge on any atom is -0.495 e. The minimum absolute atomic E-state index is 0.219. The molecular weight excluding hydrogens is 312 g/mol. The SMILES string of the molecule is CCOC(=N)c1ccc2cc(OC)c(NC)cc2c1C1=CC=CCC1. The first-order valence-electron chi connectivity index (χ1n) is 8.59. The van der Waals surface area contributed by atoms with Gasteiger partial charge in [-0.05, 0) is 59.9 Å². The summed E-state index contributed by atoms with van der Waals surface area (Å²) in [7, 11) is 3.56. The van der Waals surface area contributed by atoms with E-state index in [1.165, 1.54) is 5.57 Å². The van der Waals surface area contributed by atoms with E-state index in [1.807, 2.05) is 32.2 Å². The molecular formula is C21H24N2O2. The number of rotatable bonds is 5. The fourth-order valence-corrected chi connectivity index (χ4v) is 3.28. The lowest BCUT2D eigenvalue weighted by Crippen LogP contribution is -2.09. The number of methoxy groups -OCH3 is 1. The molecule has 3 rings (SSSR count). The summed E-state index contributed by atoms with van der Waals surface area (Å²) >= 11 is 0. The molecule has 2 aromatic rings. The number of nitrogens with one attached hydrogen (secondary N) is 2. The Morgan fingerprint density at radius 2 is 2.12 bits per heavy atom.